The lowest BCUT2D eigenvalue weighted by Gasteiger charge is -2.09. The van der Waals surface area contributed by atoms with Gasteiger partial charge in [0.2, 0.25) is 11.9 Å². The van der Waals surface area contributed by atoms with Gasteiger partial charge in [0.05, 0.1) is 5.69 Å². The molecule has 0 fully saturated rings. The van der Waals surface area contributed by atoms with Gasteiger partial charge in [-0.25, -0.2) is 4.98 Å². The molecule has 0 aliphatic heterocycles. The van der Waals surface area contributed by atoms with Crippen LogP contribution in [0.1, 0.15) is 22.5 Å². The molecule has 0 spiro atoms. The molecule has 2 amide bonds. The fourth-order valence-electron chi connectivity index (χ4n) is 3.21. The van der Waals surface area contributed by atoms with E-state index in [1.165, 1.54) is 0 Å². The molecule has 0 atom stereocenters. The molecule has 32 heavy (non-hydrogen) atoms. The molecule has 1 aromatic heterocycles. The Morgan fingerprint density at radius 1 is 0.875 bits per heavy atom. The van der Waals surface area contributed by atoms with Crippen LogP contribution in [0.2, 0.25) is 0 Å². The van der Waals surface area contributed by atoms with Crippen molar-refractivity contribution < 1.29 is 9.59 Å². The molecule has 0 aliphatic carbocycles. The third-order valence-corrected chi connectivity index (χ3v) is 5.26. The van der Waals surface area contributed by atoms with E-state index in [1.807, 2.05) is 77.5 Å². The molecule has 6 nitrogen and oxygen atoms in total. The number of imidazole rings is 1. The summed E-state index contributed by atoms with van der Waals surface area (Å²) >= 11 is 3.39. The maximum absolute atomic E-state index is 12.8. The maximum atomic E-state index is 12.8. The second kappa shape index (κ2) is 10.1. The standard InChI is InChI=1S/C25H21BrN4O2/c26-19-9-7-8-18(16-19)24(32)29-25-28-21(17-30(25)22-12-5-2-6-13-22)14-15-23(31)27-20-10-3-1-4-11-20/h1-13,16-17H,14-15H2,(H,27,31)(H,28,29,32). The Balaban J connectivity index is 1.52. The number of aryl methyl sites for hydroxylation is 1. The topological polar surface area (TPSA) is 76.0 Å². The summed E-state index contributed by atoms with van der Waals surface area (Å²) < 4.78 is 2.64. The van der Waals surface area contributed by atoms with Gasteiger partial charge in [0, 0.05) is 40.4 Å². The SMILES string of the molecule is O=C(CCc1cn(-c2ccccc2)c(NC(=O)c2cccc(Br)c2)n1)Nc1ccccc1. The van der Waals surface area contributed by atoms with Gasteiger partial charge in [0.25, 0.3) is 5.91 Å². The zero-order valence-electron chi connectivity index (χ0n) is 17.2. The summed E-state index contributed by atoms with van der Waals surface area (Å²) in [5.41, 5.74) is 2.85. The molecule has 0 bridgehead atoms. The average molecular weight is 489 g/mol. The Kier molecular flexibility index (Phi) is 6.77. The molecular weight excluding hydrogens is 468 g/mol. The number of hydrogen-bond donors (Lipinski definition) is 2. The van der Waals surface area contributed by atoms with Gasteiger partial charge in [-0.15, -0.1) is 0 Å². The van der Waals surface area contributed by atoms with Gasteiger partial charge in [-0.2, -0.15) is 0 Å². The summed E-state index contributed by atoms with van der Waals surface area (Å²) in [6, 6.07) is 26.1. The second-order valence-electron chi connectivity index (χ2n) is 7.14. The largest absolute Gasteiger partial charge is 0.326 e. The second-order valence-corrected chi connectivity index (χ2v) is 8.06. The van der Waals surface area contributed by atoms with E-state index in [0.717, 1.165) is 15.8 Å². The molecule has 0 unspecified atom stereocenters. The third-order valence-electron chi connectivity index (χ3n) is 4.77. The molecule has 4 rings (SSSR count). The molecule has 1 heterocycles. The number of rotatable bonds is 7. The summed E-state index contributed by atoms with van der Waals surface area (Å²) in [6.45, 7) is 0. The first-order valence-electron chi connectivity index (χ1n) is 10.1. The lowest BCUT2D eigenvalue weighted by atomic mass is 10.2. The van der Waals surface area contributed by atoms with Crippen LogP contribution in [0.15, 0.2) is 95.6 Å². The minimum absolute atomic E-state index is 0.0924. The van der Waals surface area contributed by atoms with E-state index in [-0.39, 0.29) is 18.2 Å². The molecule has 160 valence electrons. The van der Waals surface area contributed by atoms with Crippen LogP contribution < -0.4 is 10.6 Å². The van der Waals surface area contributed by atoms with Crippen molar-refractivity contribution in [1.82, 2.24) is 9.55 Å². The normalized spacial score (nSPS) is 10.5. The quantitative estimate of drug-likeness (QED) is 0.362. The van der Waals surface area contributed by atoms with Crippen LogP contribution in [-0.2, 0) is 11.2 Å². The molecule has 3 aromatic carbocycles. The maximum Gasteiger partial charge on any atom is 0.258 e. The van der Waals surface area contributed by atoms with Crippen molar-refractivity contribution in [3.8, 4) is 5.69 Å². The Labute approximate surface area is 194 Å². The summed E-state index contributed by atoms with van der Waals surface area (Å²) in [5, 5.41) is 5.77. The minimum atomic E-state index is -0.262. The number of amides is 2. The molecule has 0 saturated heterocycles. The predicted octanol–water partition coefficient (Wildman–Crippen LogP) is 5.46. The first kappa shape index (κ1) is 21.5. The monoisotopic (exact) mass is 488 g/mol. The molecule has 7 heteroatoms. The van der Waals surface area contributed by atoms with Crippen LogP contribution in [0.3, 0.4) is 0 Å². The lowest BCUT2D eigenvalue weighted by molar-refractivity contribution is -0.116. The number of para-hydroxylation sites is 2. The van der Waals surface area contributed by atoms with Crippen LogP contribution in [0.25, 0.3) is 5.69 Å². The summed E-state index contributed by atoms with van der Waals surface area (Å²) in [5.74, 6) is 0.0484. The van der Waals surface area contributed by atoms with E-state index in [2.05, 4.69) is 31.5 Å². The fraction of sp³-hybridized carbons (Fsp3) is 0.0800. The van der Waals surface area contributed by atoms with Crippen LogP contribution in [0.5, 0.6) is 0 Å². The van der Waals surface area contributed by atoms with E-state index >= 15 is 0 Å². The van der Waals surface area contributed by atoms with Crippen molar-refractivity contribution in [3.63, 3.8) is 0 Å². The van der Waals surface area contributed by atoms with Gasteiger partial charge in [-0.3, -0.25) is 19.5 Å². The molecule has 0 aliphatic rings. The van der Waals surface area contributed by atoms with Gasteiger partial charge in [0.15, 0.2) is 0 Å². The third kappa shape index (κ3) is 5.50. The van der Waals surface area contributed by atoms with Crippen LogP contribution in [0, 0.1) is 0 Å². The summed E-state index contributed by atoms with van der Waals surface area (Å²) in [6.07, 6.45) is 2.57. The van der Waals surface area contributed by atoms with Crippen molar-refractivity contribution in [3.05, 3.63) is 107 Å². The Morgan fingerprint density at radius 3 is 2.31 bits per heavy atom. The number of halogens is 1. The van der Waals surface area contributed by atoms with Crippen molar-refractivity contribution in [2.24, 2.45) is 0 Å². The van der Waals surface area contributed by atoms with Crippen molar-refractivity contribution in [2.75, 3.05) is 10.6 Å². The Bertz CT molecular complexity index is 1220. The summed E-state index contributed by atoms with van der Waals surface area (Å²) in [7, 11) is 0. The first-order valence-corrected chi connectivity index (χ1v) is 10.9. The smallest absolute Gasteiger partial charge is 0.258 e. The molecule has 0 radical (unpaired) electrons. The van der Waals surface area contributed by atoms with Crippen LogP contribution >= 0.6 is 15.9 Å². The highest BCUT2D eigenvalue weighted by Gasteiger charge is 2.15. The van der Waals surface area contributed by atoms with E-state index in [4.69, 9.17) is 0 Å². The van der Waals surface area contributed by atoms with E-state index < -0.39 is 0 Å². The van der Waals surface area contributed by atoms with Gasteiger partial charge in [0.1, 0.15) is 0 Å². The number of benzene rings is 3. The number of nitrogens with one attached hydrogen (secondary N) is 2. The Hall–Kier alpha value is -3.71. The molecule has 0 saturated carbocycles. The number of carbonyl (C=O) groups is 2. The van der Waals surface area contributed by atoms with Gasteiger partial charge in [-0.1, -0.05) is 58.4 Å². The van der Waals surface area contributed by atoms with Gasteiger partial charge >= 0.3 is 0 Å². The molecule has 2 N–H and O–H groups in total. The van der Waals surface area contributed by atoms with E-state index in [1.54, 1.807) is 18.2 Å². The van der Waals surface area contributed by atoms with Crippen molar-refractivity contribution in [1.29, 1.82) is 0 Å². The predicted molar refractivity (Wildman–Crippen MR) is 129 cm³/mol. The number of hydrogen-bond acceptors (Lipinski definition) is 3. The van der Waals surface area contributed by atoms with Crippen LogP contribution in [0.4, 0.5) is 11.6 Å². The van der Waals surface area contributed by atoms with Crippen LogP contribution in [-0.4, -0.2) is 21.4 Å². The fourth-order valence-corrected chi connectivity index (χ4v) is 3.61. The Morgan fingerprint density at radius 2 is 1.59 bits per heavy atom. The van der Waals surface area contributed by atoms with Crippen molar-refractivity contribution in [2.45, 2.75) is 12.8 Å². The zero-order chi connectivity index (χ0) is 22.3. The zero-order valence-corrected chi connectivity index (χ0v) is 18.7. The van der Waals surface area contributed by atoms with Crippen molar-refractivity contribution >= 4 is 39.4 Å². The lowest BCUT2D eigenvalue weighted by Crippen LogP contribution is -2.15. The highest BCUT2D eigenvalue weighted by molar-refractivity contribution is 9.10. The highest BCUT2D eigenvalue weighted by atomic mass is 79.9. The number of aromatic nitrogens is 2. The van der Waals surface area contributed by atoms with E-state index in [0.29, 0.717) is 23.6 Å². The van der Waals surface area contributed by atoms with E-state index in [9.17, 15) is 9.59 Å². The average Bonchev–Trinajstić information content (AvgIpc) is 3.21. The number of anilines is 2. The van der Waals surface area contributed by atoms with Gasteiger partial charge in [-0.05, 0) is 42.5 Å². The number of nitrogens with zero attached hydrogens (tertiary/aromatic N) is 2. The molecule has 4 aromatic rings. The van der Waals surface area contributed by atoms with Gasteiger partial charge < -0.3 is 5.32 Å². The number of carbonyl (C=O) groups excluding carboxylic acids is 2. The highest BCUT2D eigenvalue weighted by Crippen LogP contribution is 2.20. The summed E-state index contributed by atoms with van der Waals surface area (Å²) in [4.78, 5) is 29.7. The first-order chi connectivity index (χ1) is 15.6. The molecular formula is C25H21BrN4O2. The minimum Gasteiger partial charge on any atom is -0.326 e.